The second-order valence-electron chi connectivity index (χ2n) is 5.13. The van der Waals surface area contributed by atoms with Gasteiger partial charge in [0, 0.05) is 24.2 Å². The summed E-state index contributed by atoms with van der Waals surface area (Å²) in [6.07, 6.45) is 1.92. The van der Waals surface area contributed by atoms with Crippen LogP contribution in [-0.4, -0.2) is 13.2 Å². The first kappa shape index (κ1) is 13.0. The van der Waals surface area contributed by atoms with Crippen molar-refractivity contribution in [2.24, 2.45) is 0 Å². The fraction of sp³-hybridized carbons (Fsp3) is 0.294. The van der Waals surface area contributed by atoms with E-state index < -0.39 is 0 Å². The van der Waals surface area contributed by atoms with Gasteiger partial charge < -0.3 is 10.1 Å². The van der Waals surface area contributed by atoms with E-state index in [9.17, 15) is 4.39 Å². The van der Waals surface area contributed by atoms with Crippen molar-refractivity contribution in [2.45, 2.75) is 19.8 Å². The number of fused-ring (bicyclic) bond motifs is 1. The third-order valence-electron chi connectivity index (χ3n) is 3.75. The van der Waals surface area contributed by atoms with E-state index >= 15 is 0 Å². The molecule has 1 N–H and O–H groups in total. The molecule has 1 heterocycles. The quantitative estimate of drug-likeness (QED) is 0.915. The minimum absolute atomic E-state index is 0.162. The topological polar surface area (TPSA) is 21.3 Å². The van der Waals surface area contributed by atoms with Crippen molar-refractivity contribution in [3.63, 3.8) is 0 Å². The molecule has 0 unspecified atom stereocenters. The second kappa shape index (κ2) is 5.53. The molecule has 0 radical (unpaired) electrons. The predicted molar refractivity (Wildman–Crippen MR) is 79.0 cm³/mol. The lowest BCUT2D eigenvalue weighted by atomic mass is 10.1. The number of hydrogen-bond acceptors (Lipinski definition) is 2. The van der Waals surface area contributed by atoms with E-state index in [-0.39, 0.29) is 5.82 Å². The summed E-state index contributed by atoms with van der Waals surface area (Å²) in [7, 11) is 0. The molecule has 2 nitrogen and oxygen atoms in total. The highest BCUT2D eigenvalue weighted by molar-refractivity contribution is 5.51. The molecule has 1 aliphatic rings. The van der Waals surface area contributed by atoms with Gasteiger partial charge in [0.15, 0.2) is 0 Å². The number of ether oxygens (including phenoxy) is 1. The fourth-order valence-corrected chi connectivity index (χ4v) is 2.54. The van der Waals surface area contributed by atoms with E-state index in [1.165, 1.54) is 17.2 Å². The molecule has 3 rings (SSSR count). The van der Waals surface area contributed by atoms with Crippen LogP contribution in [0.15, 0.2) is 36.4 Å². The van der Waals surface area contributed by atoms with Crippen molar-refractivity contribution < 1.29 is 9.13 Å². The van der Waals surface area contributed by atoms with Crippen molar-refractivity contribution >= 4 is 5.69 Å². The normalized spacial score (nSPS) is 12.9. The molecule has 0 saturated heterocycles. The van der Waals surface area contributed by atoms with Crippen LogP contribution in [0.5, 0.6) is 5.75 Å². The van der Waals surface area contributed by atoms with Crippen LogP contribution in [0.2, 0.25) is 0 Å². The number of benzene rings is 2. The lowest BCUT2D eigenvalue weighted by Gasteiger charge is -2.10. The van der Waals surface area contributed by atoms with Gasteiger partial charge in [-0.15, -0.1) is 0 Å². The highest BCUT2D eigenvalue weighted by atomic mass is 19.1. The molecule has 1 aliphatic heterocycles. The van der Waals surface area contributed by atoms with Crippen LogP contribution in [0.25, 0.3) is 0 Å². The van der Waals surface area contributed by atoms with Gasteiger partial charge in [-0.3, -0.25) is 0 Å². The van der Waals surface area contributed by atoms with Gasteiger partial charge in [0.2, 0.25) is 0 Å². The summed E-state index contributed by atoms with van der Waals surface area (Å²) in [4.78, 5) is 0. The molecular weight excluding hydrogens is 253 g/mol. The Morgan fingerprint density at radius 2 is 2.15 bits per heavy atom. The lowest BCUT2D eigenvalue weighted by molar-refractivity contribution is 0.357. The van der Waals surface area contributed by atoms with Gasteiger partial charge in [-0.25, -0.2) is 4.39 Å². The van der Waals surface area contributed by atoms with Crippen LogP contribution in [0.1, 0.15) is 16.7 Å². The Labute approximate surface area is 118 Å². The van der Waals surface area contributed by atoms with Crippen molar-refractivity contribution in [1.29, 1.82) is 0 Å². The maximum atomic E-state index is 13.4. The van der Waals surface area contributed by atoms with E-state index in [1.54, 1.807) is 13.0 Å². The molecular formula is C17H18FNO. The molecule has 0 fully saturated rings. The third-order valence-corrected chi connectivity index (χ3v) is 3.75. The maximum absolute atomic E-state index is 13.4. The van der Waals surface area contributed by atoms with Crippen molar-refractivity contribution in [3.8, 4) is 5.75 Å². The SMILES string of the molecule is Cc1c(F)cccc1NCCc1ccc2c(c1)CCO2. The summed E-state index contributed by atoms with van der Waals surface area (Å²) >= 11 is 0. The summed E-state index contributed by atoms with van der Waals surface area (Å²) in [5.41, 5.74) is 4.13. The molecule has 0 aliphatic carbocycles. The first-order valence-electron chi connectivity index (χ1n) is 6.97. The maximum Gasteiger partial charge on any atom is 0.128 e. The highest BCUT2D eigenvalue weighted by Crippen LogP contribution is 2.26. The van der Waals surface area contributed by atoms with Crippen LogP contribution in [-0.2, 0) is 12.8 Å². The number of rotatable bonds is 4. The summed E-state index contributed by atoms with van der Waals surface area (Å²) in [5.74, 6) is 0.854. The van der Waals surface area contributed by atoms with Crippen LogP contribution in [0, 0.1) is 12.7 Å². The predicted octanol–water partition coefficient (Wildman–Crippen LogP) is 3.72. The monoisotopic (exact) mass is 271 g/mol. The Kier molecular flexibility index (Phi) is 3.59. The van der Waals surface area contributed by atoms with Gasteiger partial charge >= 0.3 is 0 Å². The summed E-state index contributed by atoms with van der Waals surface area (Å²) in [6.45, 7) is 3.38. The van der Waals surface area contributed by atoms with Gasteiger partial charge in [-0.1, -0.05) is 18.2 Å². The molecule has 0 amide bonds. The highest BCUT2D eigenvalue weighted by Gasteiger charge is 2.11. The minimum Gasteiger partial charge on any atom is -0.493 e. The van der Waals surface area contributed by atoms with Crippen molar-refractivity contribution in [2.75, 3.05) is 18.5 Å². The molecule has 2 aromatic carbocycles. The van der Waals surface area contributed by atoms with E-state index in [0.717, 1.165) is 37.4 Å². The van der Waals surface area contributed by atoms with Crippen molar-refractivity contribution in [1.82, 2.24) is 0 Å². The van der Waals surface area contributed by atoms with Crippen LogP contribution in [0.3, 0.4) is 0 Å². The number of anilines is 1. The molecule has 0 aromatic heterocycles. The van der Waals surface area contributed by atoms with Gasteiger partial charge in [0.1, 0.15) is 11.6 Å². The van der Waals surface area contributed by atoms with E-state index in [2.05, 4.69) is 17.4 Å². The Balaban J connectivity index is 1.61. The summed E-state index contributed by atoms with van der Waals surface area (Å²) in [5, 5.41) is 3.30. The lowest BCUT2D eigenvalue weighted by Crippen LogP contribution is -2.06. The first-order chi connectivity index (χ1) is 9.74. The minimum atomic E-state index is -0.162. The number of nitrogens with one attached hydrogen (secondary N) is 1. The Morgan fingerprint density at radius 3 is 3.05 bits per heavy atom. The second-order valence-corrected chi connectivity index (χ2v) is 5.13. The Morgan fingerprint density at radius 1 is 1.25 bits per heavy atom. The summed E-state index contributed by atoms with van der Waals surface area (Å²) < 4.78 is 18.9. The van der Waals surface area contributed by atoms with E-state index in [4.69, 9.17) is 4.74 Å². The fourth-order valence-electron chi connectivity index (χ4n) is 2.54. The van der Waals surface area contributed by atoms with E-state index in [0.29, 0.717) is 5.56 Å². The van der Waals surface area contributed by atoms with Crippen LogP contribution in [0.4, 0.5) is 10.1 Å². The largest absolute Gasteiger partial charge is 0.493 e. The van der Waals surface area contributed by atoms with Gasteiger partial charge in [0.05, 0.1) is 6.61 Å². The smallest absolute Gasteiger partial charge is 0.128 e. The number of halogens is 1. The molecule has 20 heavy (non-hydrogen) atoms. The zero-order valence-corrected chi connectivity index (χ0v) is 11.6. The van der Waals surface area contributed by atoms with Gasteiger partial charge in [-0.05, 0) is 42.7 Å². The molecule has 0 saturated carbocycles. The average molecular weight is 271 g/mol. The number of hydrogen-bond donors (Lipinski definition) is 1. The van der Waals surface area contributed by atoms with Gasteiger partial charge in [-0.2, -0.15) is 0 Å². The third kappa shape index (κ3) is 2.62. The van der Waals surface area contributed by atoms with Crippen LogP contribution >= 0.6 is 0 Å². The molecule has 104 valence electrons. The zero-order chi connectivity index (χ0) is 13.9. The average Bonchev–Trinajstić information content (AvgIpc) is 2.91. The molecule has 0 spiro atoms. The Hall–Kier alpha value is -2.03. The molecule has 0 atom stereocenters. The van der Waals surface area contributed by atoms with Crippen LogP contribution < -0.4 is 10.1 Å². The van der Waals surface area contributed by atoms with Gasteiger partial charge in [0.25, 0.3) is 0 Å². The summed E-state index contributed by atoms with van der Waals surface area (Å²) in [6, 6.07) is 11.5. The molecule has 2 aromatic rings. The zero-order valence-electron chi connectivity index (χ0n) is 11.6. The molecule has 0 bridgehead atoms. The first-order valence-corrected chi connectivity index (χ1v) is 6.97. The standard InChI is InChI=1S/C17H18FNO/c1-12-15(18)3-2-4-16(12)19-9-7-13-5-6-17-14(11-13)8-10-20-17/h2-6,11,19H,7-10H2,1H3. The van der Waals surface area contributed by atoms with E-state index in [1.807, 2.05) is 12.1 Å². The Bertz CT molecular complexity index is 624. The molecule has 3 heteroatoms. The van der Waals surface area contributed by atoms with Crippen molar-refractivity contribution in [3.05, 3.63) is 58.9 Å².